The molecule has 0 saturated heterocycles. The van der Waals surface area contributed by atoms with Crippen molar-refractivity contribution < 1.29 is 28.4 Å². The van der Waals surface area contributed by atoms with Gasteiger partial charge in [-0.05, 0) is 11.1 Å². The maximum atomic E-state index is 5.68. The Bertz CT molecular complexity index is 566. The van der Waals surface area contributed by atoms with Crippen LogP contribution in [0.25, 0.3) is 0 Å². The standard InChI is InChI=1S/C23H32O6/c1-24-22(15-26-13-20-9-5-3-6-10-20)17-28-19-29-18-23(25-2)16-27-14-21-11-7-4-8-12-21/h3-12,22-23H,13-19H2,1-2H3. The van der Waals surface area contributed by atoms with Crippen molar-refractivity contribution in [3.63, 3.8) is 0 Å². The molecule has 6 heteroatoms. The van der Waals surface area contributed by atoms with Gasteiger partial charge in [0.25, 0.3) is 0 Å². The fraction of sp³-hybridized carbons (Fsp3) is 0.478. The van der Waals surface area contributed by atoms with Crippen molar-refractivity contribution in [1.29, 1.82) is 0 Å². The smallest absolute Gasteiger partial charge is 0.146 e. The van der Waals surface area contributed by atoms with E-state index >= 15 is 0 Å². The van der Waals surface area contributed by atoms with Gasteiger partial charge in [0, 0.05) is 14.2 Å². The van der Waals surface area contributed by atoms with Gasteiger partial charge in [0.15, 0.2) is 0 Å². The van der Waals surface area contributed by atoms with Gasteiger partial charge >= 0.3 is 0 Å². The Morgan fingerprint density at radius 1 is 0.552 bits per heavy atom. The lowest BCUT2D eigenvalue weighted by atomic mass is 10.2. The van der Waals surface area contributed by atoms with Gasteiger partial charge in [0.1, 0.15) is 19.0 Å². The summed E-state index contributed by atoms with van der Waals surface area (Å²) in [7, 11) is 3.29. The number of hydrogen-bond acceptors (Lipinski definition) is 6. The van der Waals surface area contributed by atoms with Crippen molar-refractivity contribution in [3.05, 3.63) is 71.8 Å². The van der Waals surface area contributed by atoms with E-state index < -0.39 is 0 Å². The van der Waals surface area contributed by atoms with Gasteiger partial charge in [-0.1, -0.05) is 60.7 Å². The average Bonchev–Trinajstić information content (AvgIpc) is 2.78. The SMILES string of the molecule is COC(COCOCC(COCc1ccccc1)OC)COCc1ccccc1. The predicted molar refractivity (Wildman–Crippen MR) is 111 cm³/mol. The molecule has 0 N–H and O–H groups in total. The molecule has 29 heavy (non-hydrogen) atoms. The van der Waals surface area contributed by atoms with E-state index in [2.05, 4.69) is 0 Å². The Morgan fingerprint density at radius 2 is 0.931 bits per heavy atom. The van der Waals surface area contributed by atoms with Crippen molar-refractivity contribution in [2.75, 3.05) is 47.4 Å². The van der Waals surface area contributed by atoms with Gasteiger partial charge in [0.2, 0.25) is 0 Å². The van der Waals surface area contributed by atoms with E-state index in [1.54, 1.807) is 14.2 Å². The lowest BCUT2D eigenvalue weighted by Crippen LogP contribution is -2.27. The molecule has 0 spiro atoms. The zero-order valence-corrected chi connectivity index (χ0v) is 17.3. The van der Waals surface area contributed by atoms with E-state index in [0.29, 0.717) is 39.6 Å². The normalized spacial score (nSPS) is 13.3. The molecule has 0 aromatic heterocycles. The molecular weight excluding hydrogens is 372 g/mol. The van der Waals surface area contributed by atoms with Gasteiger partial charge in [-0.2, -0.15) is 0 Å². The van der Waals surface area contributed by atoms with Gasteiger partial charge in [-0.15, -0.1) is 0 Å². The first-order valence-electron chi connectivity index (χ1n) is 9.76. The van der Waals surface area contributed by atoms with E-state index in [-0.39, 0.29) is 19.0 Å². The summed E-state index contributed by atoms with van der Waals surface area (Å²) in [5.74, 6) is 0. The minimum atomic E-state index is -0.144. The molecule has 2 unspecified atom stereocenters. The van der Waals surface area contributed by atoms with Crippen molar-refractivity contribution in [2.45, 2.75) is 25.4 Å². The number of rotatable bonds is 16. The maximum Gasteiger partial charge on any atom is 0.146 e. The van der Waals surface area contributed by atoms with Gasteiger partial charge in [-0.3, -0.25) is 0 Å². The Labute approximate surface area is 173 Å². The van der Waals surface area contributed by atoms with Crippen LogP contribution in [0, 0.1) is 0 Å². The fourth-order valence-corrected chi connectivity index (χ4v) is 2.55. The summed E-state index contributed by atoms with van der Waals surface area (Å²) < 4.78 is 33.2. The first kappa shape index (κ1) is 23.5. The molecule has 0 heterocycles. The lowest BCUT2D eigenvalue weighted by molar-refractivity contribution is -0.124. The summed E-state index contributed by atoms with van der Waals surface area (Å²) in [6.07, 6.45) is -0.288. The van der Waals surface area contributed by atoms with Crippen molar-refractivity contribution in [1.82, 2.24) is 0 Å². The number of benzene rings is 2. The highest BCUT2D eigenvalue weighted by Gasteiger charge is 2.10. The molecule has 2 aromatic carbocycles. The minimum absolute atomic E-state index is 0.144. The highest BCUT2D eigenvalue weighted by Crippen LogP contribution is 2.04. The van der Waals surface area contributed by atoms with Crippen LogP contribution in [-0.4, -0.2) is 59.6 Å². The van der Waals surface area contributed by atoms with Crippen LogP contribution in [0.3, 0.4) is 0 Å². The molecule has 160 valence electrons. The van der Waals surface area contributed by atoms with Crippen LogP contribution in [0.1, 0.15) is 11.1 Å². The van der Waals surface area contributed by atoms with E-state index in [4.69, 9.17) is 28.4 Å². The van der Waals surface area contributed by atoms with E-state index in [1.165, 1.54) is 0 Å². The fourth-order valence-electron chi connectivity index (χ4n) is 2.55. The highest BCUT2D eigenvalue weighted by atomic mass is 16.7. The first-order chi connectivity index (χ1) is 14.3. The predicted octanol–water partition coefficient (Wildman–Crippen LogP) is 3.44. The van der Waals surface area contributed by atoms with E-state index in [9.17, 15) is 0 Å². The second kappa shape index (κ2) is 15.1. The Morgan fingerprint density at radius 3 is 1.31 bits per heavy atom. The Balaban J connectivity index is 1.50. The maximum absolute atomic E-state index is 5.68. The van der Waals surface area contributed by atoms with Crippen LogP contribution < -0.4 is 0 Å². The van der Waals surface area contributed by atoms with Crippen LogP contribution in [0.2, 0.25) is 0 Å². The molecule has 0 aliphatic heterocycles. The number of methoxy groups -OCH3 is 2. The van der Waals surface area contributed by atoms with Crippen molar-refractivity contribution >= 4 is 0 Å². The summed E-state index contributed by atoms with van der Waals surface area (Å²) in [6, 6.07) is 20.1. The third kappa shape index (κ3) is 10.5. The van der Waals surface area contributed by atoms with Crippen LogP contribution in [-0.2, 0) is 41.6 Å². The Hall–Kier alpha value is -1.80. The molecule has 0 fully saturated rings. The molecule has 2 aromatic rings. The molecule has 0 bridgehead atoms. The third-order valence-corrected chi connectivity index (χ3v) is 4.27. The monoisotopic (exact) mass is 404 g/mol. The topological polar surface area (TPSA) is 55.4 Å². The number of hydrogen-bond donors (Lipinski definition) is 0. The van der Waals surface area contributed by atoms with E-state index in [0.717, 1.165) is 11.1 Å². The van der Waals surface area contributed by atoms with Crippen LogP contribution in [0.5, 0.6) is 0 Å². The molecule has 6 nitrogen and oxygen atoms in total. The summed E-state index contributed by atoms with van der Waals surface area (Å²) in [5, 5.41) is 0. The quantitative estimate of drug-likeness (QED) is 0.316. The second-order valence-corrected chi connectivity index (χ2v) is 6.58. The summed E-state index contributed by atoms with van der Waals surface area (Å²) >= 11 is 0. The zero-order chi connectivity index (χ0) is 20.6. The van der Waals surface area contributed by atoms with Gasteiger partial charge < -0.3 is 28.4 Å². The first-order valence-corrected chi connectivity index (χ1v) is 9.76. The molecule has 0 amide bonds. The Kier molecular flexibility index (Phi) is 12.2. The lowest BCUT2D eigenvalue weighted by Gasteiger charge is -2.18. The van der Waals surface area contributed by atoms with Crippen molar-refractivity contribution in [3.8, 4) is 0 Å². The van der Waals surface area contributed by atoms with Crippen LogP contribution in [0.4, 0.5) is 0 Å². The molecule has 0 aliphatic carbocycles. The second-order valence-electron chi connectivity index (χ2n) is 6.58. The third-order valence-electron chi connectivity index (χ3n) is 4.27. The summed E-state index contributed by atoms with van der Waals surface area (Å²) in [5.41, 5.74) is 2.26. The molecule has 2 atom stereocenters. The van der Waals surface area contributed by atoms with Gasteiger partial charge in [-0.25, -0.2) is 0 Å². The molecule has 2 rings (SSSR count). The zero-order valence-electron chi connectivity index (χ0n) is 17.3. The van der Waals surface area contributed by atoms with Crippen LogP contribution in [0.15, 0.2) is 60.7 Å². The summed E-state index contributed by atoms with van der Waals surface area (Å²) in [6.45, 7) is 2.97. The van der Waals surface area contributed by atoms with E-state index in [1.807, 2.05) is 60.7 Å². The van der Waals surface area contributed by atoms with Crippen molar-refractivity contribution in [2.24, 2.45) is 0 Å². The van der Waals surface area contributed by atoms with Crippen LogP contribution >= 0.6 is 0 Å². The molecular formula is C23H32O6. The molecule has 0 saturated carbocycles. The number of ether oxygens (including phenoxy) is 6. The molecule has 0 aliphatic rings. The van der Waals surface area contributed by atoms with Gasteiger partial charge in [0.05, 0.1) is 39.6 Å². The highest BCUT2D eigenvalue weighted by molar-refractivity contribution is 5.14. The largest absolute Gasteiger partial charge is 0.377 e. The summed E-state index contributed by atoms with van der Waals surface area (Å²) in [4.78, 5) is 0. The molecule has 0 radical (unpaired) electrons. The minimum Gasteiger partial charge on any atom is -0.377 e. The average molecular weight is 405 g/mol.